The first-order valence-electron chi connectivity index (χ1n) is 9.84. The number of rotatable bonds is 15. The highest BCUT2D eigenvalue weighted by atomic mass is 32.1. The molecule has 0 aliphatic carbocycles. The number of ketones is 1. The second kappa shape index (κ2) is 14.3. The van der Waals surface area contributed by atoms with Crippen LogP contribution in [0, 0.1) is 0 Å². The van der Waals surface area contributed by atoms with Gasteiger partial charge in [-0.1, -0.05) is 114 Å². The lowest BCUT2D eigenvalue weighted by atomic mass is 10.0. The monoisotopic (exact) mass is 346 g/mol. The molecule has 1 rings (SSSR count). The van der Waals surface area contributed by atoms with Crippen molar-refractivity contribution in [2.75, 3.05) is 0 Å². The van der Waals surface area contributed by atoms with E-state index in [1.165, 1.54) is 64.2 Å². The molecule has 0 saturated carbocycles. The van der Waals surface area contributed by atoms with Crippen LogP contribution in [0.25, 0.3) is 0 Å². The number of carbonyl (C=O) groups excluding carboxylic acids is 1. The van der Waals surface area contributed by atoms with Crippen molar-refractivity contribution in [3.8, 4) is 0 Å². The molecular formula is C22H34OS. The predicted molar refractivity (Wildman–Crippen MR) is 109 cm³/mol. The van der Waals surface area contributed by atoms with E-state index in [-0.39, 0.29) is 5.78 Å². The molecule has 134 valence electrons. The predicted octanol–water partition coefficient (Wildman–Crippen LogP) is 7.33. The summed E-state index contributed by atoms with van der Waals surface area (Å²) in [6.07, 6.45) is 16.1. The van der Waals surface area contributed by atoms with Crippen LogP contribution >= 0.6 is 12.2 Å². The van der Waals surface area contributed by atoms with E-state index in [9.17, 15) is 4.79 Å². The molecule has 0 atom stereocenters. The van der Waals surface area contributed by atoms with Crippen LogP contribution < -0.4 is 0 Å². The molecule has 1 aromatic rings. The molecule has 0 bridgehead atoms. The summed E-state index contributed by atoms with van der Waals surface area (Å²) in [5.41, 5.74) is 0.777. The van der Waals surface area contributed by atoms with Crippen LogP contribution in [0.4, 0.5) is 0 Å². The lowest BCUT2D eigenvalue weighted by Gasteiger charge is -2.05. The van der Waals surface area contributed by atoms with Gasteiger partial charge in [-0.3, -0.25) is 4.79 Å². The van der Waals surface area contributed by atoms with Gasteiger partial charge in [0, 0.05) is 16.8 Å². The van der Waals surface area contributed by atoms with Gasteiger partial charge in [0.1, 0.15) is 0 Å². The fraction of sp³-hybridized carbons (Fsp3) is 0.636. The van der Waals surface area contributed by atoms with E-state index in [1.807, 2.05) is 30.3 Å². The first-order chi connectivity index (χ1) is 11.7. The summed E-state index contributed by atoms with van der Waals surface area (Å²) in [6.45, 7) is 2.27. The van der Waals surface area contributed by atoms with Crippen molar-refractivity contribution < 1.29 is 4.79 Å². The van der Waals surface area contributed by atoms with E-state index in [1.54, 1.807) is 0 Å². The van der Waals surface area contributed by atoms with Crippen molar-refractivity contribution in [2.24, 2.45) is 0 Å². The zero-order chi connectivity index (χ0) is 17.5. The van der Waals surface area contributed by atoms with Gasteiger partial charge in [0.25, 0.3) is 0 Å². The highest BCUT2D eigenvalue weighted by Gasteiger charge is 2.08. The van der Waals surface area contributed by atoms with Gasteiger partial charge < -0.3 is 0 Å². The molecule has 0 aliphatic rings. The zero-order valence-corrected chi connectivity index (χ0v) is 16.2. The number of carbonyl (C=O) groups is 1. The molecule has 0 aliphatic heterocycles. The molecular weight excluding hydrogens is 312 g/mol. The minimum Gasteiger partial charge on any atom is -0.294 e. The first-order valence-corrected chi connectivity index (χ1v) is 10.2. The maximum absolute atomic E-state index is 12.1. The molecule has 0 N–H and O–H groups in total. The third-order valence-corrected chi connectivity index (χ3v) is 4.86. The maximum atomic E-state index is 12.1. The number of hydrogen-bond acceptors (Lipinski definition) is 2. The van der Waals surface area contributed by atoms with E-state index >= 15 is 0 Å². The average Bonchev–Trinajstić information content (AvgIpc) is 2.60. The maximum Gasteiger partial charge on any atom is 0.167 e. The fourth-order valence-electron chi connectivity index (χ4n) is 2.98. The summed E-state index contributed by atoms with van der Waals surface area (Å²) in [5, 5.41) is 0. The molecule has 24 heavy (non-hydrogen) atoms. The fourth-order valence-corrected chi connectivity index (χ4v) is 3.26. The summed E-state index contributed by atoms with van der Waals surface area (Å²) >= 11 is 5.38. The van der Waals surface area contributed by atoms with Crippen molar-refractivity contribution >= 4 is 22.9 Å². The smallest absolute Gasteiger partial charge is 0.167 e. The molecule has 0 saturated heterocycles. The van der Waals surface area contributed by atoms with Crippen molar-refractivity contribution in [3.05, 3.63) is 35.9 Å². The molecule has 0 radical (unpaired) electrons. The third-order valence-electron chi connectivity index (χ3n) is 4.51. The molecule has 0 fully saturated rings. The Hall–Kier alpha value is -1.02. The Labute approximate surface area is 154 Å². The Kier molecular flexibility index (Phi) is 12.6. The third kappa shape index (κ3) is 10.7. The lowest BCUT2D eigenvalue weighted by Crippen LogP contribution is -2.06. The average molecular weight is 347 g/mol. The van der Waals surface area contributed by atoms with Gasteiger partial charge in [-0.05, 0) is 12.8 Å². The van der Waals surface area contributed by atoms with Crippen LogP contribution in [-0.4, -0.2) is 10.6 Å². The second-order valence-electron chi connectivity index (χ2n) is 6.79. The van der Waals surface area contributed by atoms with Gasteiger partial charge in [0.15, 0.2) is 5.78 Å². The van der Waals surface area contributed by atoms with Crippen LogP contribution in [0.5, 0.6) is 0 Å². The summed E-state index contributed by atoms with van der Waals surface area (Å²) in [4.78, 5) is 13.0. The Morgan fingerprint density at radius 2 is 1.29 bits per heavy atom. The Balaban J connectivity index is 1.94. The summed E-state index contributed by atoms with van der Waals surface area (Å²) in [5.74, 6) is 0.156. The first kappa shape index (κ1) is 21.0. The van der Waals surface area contributed by atoms with E-state index in [0.29, 0.717) is 6.42 Å². The summed E-state index contributed by atoms with van der Waals surface area (Å²) in [6, 6.07) is 9.47. The Morgan fingerprint density at radius 3 is 1.83 bits per heavy atom. The molecule has 0 amide bonds. The largest absolute Gasteiger partial charge is 0.294 e. The minimum absolute atomic E-state index is 0.156. The standard InChI is InChI=1S/C22H34OS/c1-2-3-4-5-6-7-8-9-10-11-15-18-21(24)19-22(23)20-16-13-12-14-17-20/h12-14,16-17H,2-11,15,18-19H2,1H3. The van der Waals surface area contributed by atoms with E-state index in [0.717, 1.165) is 23.3 Å². The topological polar surface area (TPSA) is 17.1 Å². The second-order valence-corrected chi connectivity index (χ2v) is 7.37. The number of Topliss-reactive ketones (excluding diaryl/α,β-unsaturated/α-hetero) is 1. The lowest BCUT2D eigenvalue weighted by molar-refractivity contribution is 0.100. The summed E-state index contributed by atoms with van der Waals surface area (Å²) in [7, 11) is 0. The number of thiocarbonyl (C=S) groups is 1. The summed E-state index contributed by atoms with van der Waals surface area (Å²) < 4.78 is 0. The molecule has 0 spiro atoms. The number of unbranched alkanes of at least 4 members (excludes halogenated alkanes) is 10. The number of benzene rings is 1. The molecule has 1 aromatic carbocycles. The SMILES string of the molecule is CCCCCCCCCCCCCC(=S)CC(=O)c1ccccc1. The van der Waals surface area contributed by atoms with Crippen LogP contribution in [0.1, 0.15) is 101 Å². The van der Waals surface area contributed by atoms with Gasteiger partial charge in [-0.2, -0.15) is 0 Å². The van der Waals surface area contributed by atoms with Crippen molar-refractivity contribution in [3.63, 3.8) is 0 Å². The van der Waals surface area contributed by atoms with Crippen LogP contribution in [0.3, 0.4) is 0 Å². The van der Waals surface area contributed by atoms with Gasteiger partial charge >= 0.3 is 0 Å². The van der Waals surface area contributed by atoms with E-state index in [4.69, 9.17) is 12.2 Å². The van der Waals surface area contributed by atoms with Gasteiger partial charge in [-0.25, -0.2) is 0 Å². The minimum atomic E-state index is 0.156. The highest BCUT2D eigenvalue weighted by molar-refractivity contribution is 7.80. The quantitative estimate of drug-likeness (QED) is 0.188. The van der Waals surface area contributed by atoms with Crippen molar-refractivity contribution in [1.82, 2.24) is 0 Å². The molecule has 0 unspecified atom stereocenters. The molecule has 1 nitrogen and oxygen atoms in total. The molecule has 2 heteroatoms. The van der Waals surface area contributed by atoms with Gasteiger partial charge in [0.2, 0.25) is 0 Å². The number of hydrogen-bond donors (Lipinski definition) is 0. The Morgan fingerprint density at radius 1 is 0.792 bits per heavy atom. The van der Waals surface area contributed by atoms with Crippen LogP contribution in [0.2, 0.25) is 0 Å². The van der Waals surface area contributed by atoms with Crippen LogP contribution in [-0.2, 0) is 0 Å². The molecule has 0 aromatic heterocycles. The highest BCUT2D eigenvalue weighted by Crippen LogP contribution is 2.13. The molecule has 0 heterocycles. The van der Waals surface area contributed by atoms with E-state index in [2.05, 4.69) is 6.92 Å². The van der Waals surface area contributed by atoms with E-state index < -0.39 is 0 Å². The normalized spacial score (nSPS) is 10.7. The van der Waals surface area contributed by atoms with Gasteiger partial charge in [0.05, 0.1) is 0 Å². The van der Waals surface area contributed by atoms with Crippen molar-refractivity contribution in [2.45, 2.75) is 90.4 Å². The van der Waals surface area contributed by atoms with Crippen LogP contribution in [0.15, 0.2) is 30.3 Å². The van der Waals surface area contributed by atoms with Gasteiger partial charge in [-0.15, -0.1) is 0 Å². The van der Waals surface area contributed by atoms with Crippen molar-refractivity contribution in [1.29, 1.82) is 0 Å². The Bertz CT molecular complexity index is 452. The zero-order valence-electron chi connectivity index (χ0n) is 15.4.